The lowest BCUT2D eigenvalue weighted by Gasteiger charge is -2.18. The number of halogens is 3. The summed E-state index contributed by atoms with van der Waals surface area (Å²) in [5.74, 6) is 0.676. The third kappa shape index (κ3) is 2.20. The SMILES string of the molecule is C#CCN1C=C(CO)C(C(F)(F)F)C1. The van der Waals surface area contributed by atoms with Crippen LogP contribution in [0.2, 0.25) is 0 Å². The number of hydrogen-bond acceptors (Lipinski definition) is 2. The molecule has 0 aromatic carbocycles. The van der Waals surface area contributed by atoms with E-state index in [-0.39, 0.29) is 18.7 Å². The molecule has 0 aromatic rings. The number of nitrogens with zero attached hydrogens (tertiary/aromatic N) is 1. The fourth-order valence-electron chi connectivity index (χ4n) is 1.42. The first-order chi connectivity index (χ1) is 6.49. The van der Waals surface area contributed by atoms with Crippen LogP contribution >= 0.6 is 0 Å². The molecule has 0 spiro atoms. The predicted octanol–water partition coefficient (Wildman–Crippen LogP) is 0.990. The number of hydrogen-bond donors (Lipinski definition) is 1. The zero-order chi connectivity index (χ0) is 10.8. The Labute approximate surface area is 80.0 Å². The third-order valence-electron chi connectivity index (χ3n) is 2.09. The highest BCUT2D eigenvalue weighted by atomic mass is 19.4. The van der Waals surface area contributed by atoms with E-state index in [0.717, 1.165) is 0 Å². The maximum Gasteiger partial charge on any atom is 0.397 e. The Hall–Kier alpha value is -1.15. The van der Waals surface area contributed by atoms with Crippen molar-refractivity contribution < 1.29 is 18.3 Å². The summed E-state index contributed by atoms with van der Waals surface area (Å²) in [5, 5.41) is 8.74. The van der Waals surface area contributed by atoms with Crippen LogP contribution in [-0.2, 0) is 0 Å². The summed E-state index contributed by atoms with van der Waals surface area (Å²) in [5.41, 5.74) is -0.0206. The second kappa shape index (κ2) is 3.93. The molecule has 0 amide bonds. The van der Waals surface area contributed by atoms with Gasteiger partial charge in [0.25, 0.3) is 0 Å². The van der Waals surface area contributed by atoms with Crippen LogP contribution in [0.4, 0.5) is 13.2 Å². The Balaban J connectivity index is 2.75. The van der Waals surface area contributed by atoms with E-state index in [1.807, 2.05) is 0 Å². The standard InChI is InChI=1S/C9H10F3NO/c1-2-3-13-4-7(6-14)8(5-13)9(10,11)12/h1,4,8,14H,3,5-6H2. The summed E-state index contributed by atoms with van der Waals surface area (Å²) < 4.78 is 37.1. The van der Waals surface area contributed by atoms with Crippen molar-refractivity contribution in [2.45, 2.75) is 6.18 Å². The van der Waals surface area contributed by atoms with Crippen LogP contribution in [0.1, 0.15) is 0 Å². The van der Waals surface area contributed by atoms with E-state index < -0.39 is 18.7 Å². The topological polar surface area (TPSA) is 23.5 Å². The molecule has 0 aromatic heterocycles. The van der Waals surface area contributed by atoms with Gasteiger partial charge in [-0.05, 0) is 5.57 Å². The van der Waals surface area contributed by atoms with Gasteiger partial charge in [-0.15, -0.1) is 6.42 Å². The van der Waals surface area contributed by atoms with Crippen molar-refractivity contribution in [2.24, 2.45) is 5.92 Å². The maximum atomic E-state index is 12.4. The molecule has 1 unspecified atom stereocenters. The van der Waals surface area contributed by atoms with Crippen LogP contribution in [-0.4, -0.2) is 35.9 Å². The number of aliphatic hydroxyl groups excluding tert-OH is 1. The van der Waals surface area contributed by atoms with Crippen molar-refractivity contribution in [3.8, 4) is 12.3 Å². The molecule has 0 saturated heterocycles. The molecule has 0 bridgehead atoms. The molecule has 1 atom stereocenters. The summed E-state index contributed by atoms with van der Waals surface area (Å²) in [6.07, 6.45) is 1.97. The molecule has 0 radical (unpaired) electrons. The Morgan fingerprint density at radius 1 is 1.64 bits per heavy atom. The molecular weight excluding hydrogens is 195 g/mol. The molecule has 1 aliphatic rings. The van der Waals surface area contributed by atoms with Crippen molar-refractivity contribution in [3.05, 3.63) is 11.8 Å². The predicted molar refractivity (Wildman–Crippen MR) is 45.1 cm³/mol. The summed E-state index contributed by atoms with van der Waals surface area (Å²) in [6.45, 7) is -0.634. The molecule has 14 heavy (non-hydrogen) atoms. The monoisotopic (exact) mass is 205 g/mol. The van der Waals surface area contributed by atoms with Gasteiger partial charge in [0, 0.05) is 12.7 Å². The van der Waals surface area contributed by atoms with Crippen LogP contribution in [0.15, 0.2) is 11.8 Å². The van der Waals surface area contributed by atoms with Gasteiger partial charge in [0.05, 0.1) is 19.1 Å². The third-order valence-corrected chi connectivity index (χ3v) is 2.09. The maximum absolute atomic E-state index is 12.4. The van der Waals surface area contributed by atoms with Gasteiger partial charge >= 0.3 is 6.18 Å². The van der Waals surface area contributed by atoms with Gasteiger partial charge in [-0.25, -0.2) is 0 Å². The van der Waals surface area contributed by atoms with Crippen LogP contribution in [0, 0.1) is 18.3 Å². The first kappa shape index (κ1) is 10.9. The van der Waals surface area contributed by atoms with Crippen LogP contribution < -0.4 is 0 Å². The average molecular weight is 205 g/mol. The lowest BCUT2D eigenvalue weighted by Crippen LogP contribution is -2.30. The second-order valence-electron chi connectivity index (χ2n) is 3.09. The number of rotatable bonds is 2. The van der Waals surface area contributed by atoms with Crippen molar-refractivity contribution in [1.29, 1.82) is 0 Å². The quantitative estimate of drug-likeness (QED) is 0.679. The van der Waals surface area contributed by atoms with Gasteiger partial charge < -0.3 is 10.0 Å². The Kier molecular flexibility index (Phi) is 3.06. The Morgan fingerprint density at radius 2 is 2.29 bits per heavy atom. The minimum atomic E-state index is -4.31. The molecule has 5 heteroatoms. The van der Waals surface area contributed by atoms with Crippen molar-refractivity contribution in [1.82, 2.24) is 4.90 Å². The smallest absolute Gasteiger partial charge is 0.392 e. The molecule has 78 valence electrons. The molecular formula is C9H10F3NO. The van der Waals surface area contributed by atoms with E-state index in [9.17, 15) is 13.2 Å². The molecule has 1 aliphatic heterocycles. The summed E-state index contributed by atoms with van der Waals surface area (Å²) in [7, 11) is 0. The minimum absolute atomic E-state index is 0.0206. The van der Waals surface area contributed by atoms with Crippen LogP contribution in [0.3, 0.4) is 0 Å². The molecule has 1 heterocycles. The first-order valence-electron chi connectivity index (χ1n) is 4.04. The van der Waals surface area contributed by atoms with Gasteiger partial charge in [-0.3, -0.25) is 0 Å². The fraction of sp³-hybridized carbons (Fsp3) is 0.556. The molecule has 1 rings (SSSR count). The normalized spacial score (nSPS) is 22.1. The van der Waals surface area contributed by atoms with Gasteiger partial charge in [-0.2, -0.15) is 13.2 Å². The molecule has 1 N–H and O–H groups in total. The molecule has 0 saturated carbocycles. The summed E-state index contributed by atoms with van der Waals surface area (Å²) >= 11 is 0. The zero-order valence-electron chi connectivity index (χ0n) is 7.38. The van der Waals surface area contributed by atoms with E-state index in [0.29, 0.717) is 0 Å². The summed E-state index contributed by atoms with van der Waals surface area (Å²) in [4.78, 5) is 1.38. The van der Waals surface area contributed by atoms with Gasteiger partial charge in [0.1, 0.15) is 0 Å². The minimum Gasteiger partial charge on any atom is -0.392 e. The Morgan fingerprint density at radius 3 is 2.64 bits per heavy atom. The van der Waals surface area contributed by atoms with E-state index >= 15 is 0 Å². The molecule has 0 aliphatic carbocycles. The first-order valence-corrected chi connectivity index (χ1v) is 4.04. The number of alkyl halides is 3. The van der Waals surface area contributed by atoms with E-state index in [1.165, 1.54) is 11.1 Å². The lowest BCUT2D eigenvalue weighted by atomic mass is 10.0. The number of aliphatic hydroxyl groups is 1. The van der Waals surface area contributed by atoms with Gasteiger partial charge in [0.2, 0.25) is 0 Å². The van der Waals surface area contributed by atoms with E-state index in [4.69, 9.17) is 11.5 Å². The largest absolute Gasteiger partial charge is 0.397 e. The van der Waals surface area contributed by atoms with E-state index in [2.05, 4.69) is 5.92 Å². The van der Waals surface area contributed by atoms with Gasteiger partial charge in [-0.1, -0.05) is 5.92 Å². The highest BCUT2D eigenvalue weighted by Crippen LogP contribution is 2.35. The van der Waals surface area contributed by atoms with Crippen LogP contribution in [0.5, 0.6) is 0 Å². The molecule has 2 nitrogen and oxygen atoms in total. The van der Waals surface area contributed by atoms with Crippen molar-refractivity contribution >= 4 is 0 Å². The zero-order valence-corrected chi connectivity index (χ0v) is 7.38. The van der Waals surface area contributed by atoms with Crippen molar-refractivity contribution in [2.75, 3.05) is 19.7 Å². The summed E-state index contributed by atoms with van der Waals surface area (Å²) in [6, 6.07) is 0. The van der Waals surface area contributed by atoms with Gasteiger partial charge in [0.15, 0.2) is 0 Å². The van der Waals surface area contributed by atoms with Crippen molar-refractivity contribution in [3.63, 3.8) is 0 Å². The fourth-order valence-corrected chi connectivity index (χ4v) is 1.42. The number of terminal acetylenes is 1. The Bertz CT molecular complexity index is 277. The van der Waals surface area contributed by atoms with E-state index in [1.54, 1.807) is 0 Å². The highest BCUT2D eigenvalue weighted by Gasteiger charge is 2.45. The highest BCUT2D eigenvalue weighted by molar-refractivity contribution is 5.17. The lowest BCUT2D eigenvalue weighted by molar-refractivity contribution is -0.164. The second-order valence-corrected chi connectivity index (χ2v) is 3.09. The van der Waals surface area contributed by atoms with Crippen LogP contribution in [0.25, 0.3) is 0 Å². The molecule has 0 fully saturated rings. The average Bonchev–Trinajstić information content (AvgIpc) is 2.47.